The average molecular weight is 550 g/mol. The van der Waals surface area contributed by atoms with Crippen LogP contribution >= 0.6 is 11.6 Å². The third kappa shape index (κ3) is 5.87. The number of rotatable bonds is 6. The Morgan fingerprint density at radius 3 is 2.43 bits per heavy atom. The van der Waals surface area contributed by atoms with Crippen molar-refractivity contribution in [3.8, 4) is 0 Å². The molecule has 1 unspecified atom stereocenters. The van der Waals surface area contributed by atoms with Crippen molar-refractivity contribution in [3.05, 3.63) is 56.5 Å². The molecular weight excluding hydrogens is 525 g/mol. The summed E-state index contributed by atoms with van der Waals surface area (Å²) < 4.78 is 76.5. The Kier molecular flexibility index (Phi) is 7.97. The van der Waals surface area contributed by atoms with Gasteiger partial charge in [0.05, 0.1) is 39.6 Å². The number of halogens is 2. The minimum atomic E-state index is -4.26. The molecule has 2 heterocycles. The van der Waals surface area contributed by atoms with Gasteiger partial charge >= 0.3 is 11.9 Å². The first-order valence-corrected chi connectivity index (χ1v) is 14.5. The van der Waals surface area contributed by atoms with Gasteiger partial charge in [-0.2, -0.15) is 0 Å². The number of benzene rings is 1. The van der Waals surface area contributed by atoms with Crippen LogP contribution in [0.5, 0.6) is 0 Å². The molecule has 13 heteroatoms. The standard InChI is InChI=1S/C22H25ClFNO8S2/c1-12(2)21(26)32-7-8-33-22(27)17-13(3)25-16-11-34(28,29)9-10-35(30,31)20(16)19(17)18-14(23)5-4-6-15(18)24/h4-6,12,19,25H,7-11H2,1-3H3. The minimum absolute atomic E-state index is 0.0875. The Morgan fingerprint density at radius 2 is 1.80 bits per heavy atom. The molecule has 3 rings (SSSR count). The highest BCUT2D eigenvalue weighted by molar-refractivity contribution is 7.98. The van der Waals surface area contributed by atoms with E-state index in [2.05, 4.69) is 5.32 Å². The SMILES string of the molecule is CC1=C(C(=O)OCCOC(=O)C(C)C)C(c2c(F)cccc2Cl)C2=C(CS(=O)(=O)CCS2(=O)=O)N1. The van der Waals surface area contributed by atoms with Gasteiger partial charge in [0.25, 0.3) is 0 Å². The highest BCUT2D eigenvalue weighted by Gasteiger charge is 2.45. The second-order valence-corrected chi connectivity index (χ2v) is 13.1. The first kappa shape index (κ1) is 27.2. The number of carbonyl (C=O) groups is 2. The van der Waals surface area contributed by atoms with E-state index in [0.717, 1.165) is 6.07 Å². The van der Waals surface area contributed by atoms with Crippen LogP contribution in [0.25, 0.3) is 0 Å². The van der Waals surface area contributed by atoms with Gasteiger partial charge in [-0.05, 0) is 19.1 Å². The molecule has 0 amide bonds. The molecule has 0 saturated heterocycles. The molecule has 1 aromatic rings. The molecule has 2 aliphatic rings. The Bertz CT molecular complexity index is 1310. The smallest absolute Gasteiger partial charge is 0.336 e. The monoisotopic (exact) mass is 549 g/mol. The van der Waals surface area contributed by atoms with Gasteiger partial charge in [0, 0.05) is 22.0 Å². The van der Waals surface area contributed by atoms with Gasteiger partial charge in [0.15, 0.2) is 19.7 Å². The Labute approximate surface area is 208 Å². The Morgan fingerprint density at radius 1 is 1.14 bits per heavy atom. The van der Waals surface area contributed by atoms with Crippen molar-refractivity contribution in [2.75, 3.05) is 30.5 Å². The molecule has 1 N–H and O–H groups in total. The number of ether oxygens (including phenoxy) is 2. The average Bonchev–Trinajstić information content (AvgIpc) is 2.83. The van der Waals surface area contributed by atoms with Crippen LogP contribution in [0.4, 0.5) is 4.39 Å². The fraction of sp³-hybridized carbons (Fsp3) is 0.455. The molecule has 9 nitrogen and oxygen atoms in total. The van der Waals surface area contributed by atoms with Crippen LogP contribution in [0.15, 0.2) is 40.1 Å². The molecule has 0 saturated carbocycles. The zero-order valence-corrected chi connectivity index (χ0v) is 21.6. The summed E-state index contributed by atoms with van der Waals surface area (Å²) in [6.45, 7) is 4.12. The van der Waals surface area contributed by atoms with E-state index in [9.17, 15) is 26.4 Å². The molecule has 0 spiro atoms. The van der Waals surface area contributed by atoms with Gasteiger partial charge in [-0.1, -0.05) is 31.5 Å². The lowest BCUT2D eigenvalue weighted by Crippen LogP contribution is -2.34. The summed E-state index contributed by atoms with van der Waals surface area (Å²) in [5.41, 5.74) is -0.603. The number of dihydropyridines is 1. The number of carbonyl (C=O) groups excluding carboxylic acids is 2. The van der Waals surface area contributed by atoms with E-state index >= 15 is 4.39 Å². The van der Waals surface area contributed by atoms with Crippen LogP contribution in [0, 0.1) is 11.7 Å². The van der Waals surface area contributed by atoms with Crippen LogP contribution in [0.1, 0.15) is 32.3 Å². The summed E-state index contributed by atoms with van der Waals surface area (Å²) in [5.74, 6) is -6.26. The largest absolute Gasteiger partial charge is 0.462 e. The number of allylic oxidation sites excluding steroid dienone is 2. The highest BCUT2D eigenvalue weighted by atomic mass is 35.5. The second kappa shape index (κ2) is 10.3. The van der Waals surface area contributed by atoms with Crippen molar-refractivity contribution in [3.63, 3.8) is 0 Å². The predicted molar refractivity (Wildman–Crippen MR) is 126 cm³/mol. The fourth-order valence-electron chi connectivity index (χ4n) is 3.84. The van der Waals surface area contributed by atoms with E-state index in [4.69, 9.17) is 21.1 Å². The normalized spacial score (nSPS) is 21.1. The molecular formula is C22H25ClFNO8S2. The van der Waals surface area contributed by atoms with Crippen molar-refractivity contribution in [1.82, 2.24) is 5.32 Å². The van der Waals surface area contributed by atoms with Gasteiger partial charge in [-0.25, -0.2) is 26.0 Å². The number of hydrogen-bond acceptors (Lipinski definition) is 9. The lowest BCUT2D eigenvalue weighted by Gasteiger charge is -2.31. The zero-order chi connectivity index (χ0) is 26.1. The van der Waals surface area contributed by atoms with Crippen LogP contribution in [-0.4, -0.2) is 59.2 Å². The topological polar surface area (TPSA) is 133 Å². The van der Waals surface area contributed by atoms with Gasteiger partial charge in [-0.15, -0.1) is 0 Å². The molecule has 35 heavy (non-hydrogen) atoms. The summed E-state index contributed by atoms with van der Waals surface area (Å²) in [5, 5.41) is 2.57. The predicted octanol–water partition coefficient (Wildman–Crippen LogP) is 2.24. The third-order valence-electron chi connectivity index (χ3n) is 5.49. The van der Waals surface area contributed by atoms with E-state index in [1.54, 1.807) is 13.8 Å². The van der Waals surface area contributed by atoms with E-state index in [1.165, 1.54) is 19.1 Å². The summed E-state index contributed by atoms with van der Waals surface area (Å²) in [6, 6.07) is 3.72. The molecule has 1 aromatic carbocycles. The molecule has 0 aromatic heterocycles. The van der Waals surface area contributed by atoms with Crippen LogP contribution in [0.2, 0.25) is 5.02 Å². The Hall–Kier alpha value is -2.44. The maximum absolute atomic E-state index is 15.1. The Balaban J connectivity index is 2.08. The van der Waals surface area contributed by atoms with Gasteiger partial charge in [0.1, 0.15) is 19.0 Å². The zero-order valence-electron chi connectivity index (χ0n) is 19.3. The number of sulfone groups is 2. The maximum atomic E-state index is 15.1. The van der Waals surface area contributed by atoms with Gasteiger partial charge < -0.3 is 14.8 Å². The highest BCUT2D eigenvalue weighted by Crippen LogP contribution is 2.45. The summed E-state index contributed by atoms with van der Waals surface area (Å²) in [6.07, 6.45) is 0. The molecule has 2 aliphatic heterocycles. The van der Waals surface area contributed by atoms with E-state index in [-0.39, 0.29) is 46.7 Å². The molecule has 1 atom stereocenters. The van der Waals surface area contributed by atoms with Crippen molar-refractivity contribution < 1.29 is 40.3 Å². The van der Waals surface area contributed by atoms with E-state index < -0.39 is 65.5 Å². The molecule has 0 aliphatic carbocycles. The van der Waals surface area contributed by atoms with Crippen molar-refractivity contribution >= 4 is 43.2 Å². The minimum Gasteiger partial charge on any atom is -0.462 e. The molecule has 0 fully saturated rings. The molecule has 192 valence electrons. The fourth-order valence-corrected chi connectivity index (χ4v) is 8.23. The van der Waals surface area contributed by atoms with E-state index in [0.29, 0.717) is 0 Å². The van der Waals surface area contributed by atoms with Gasteiger partial charge in [0.2, 0.25) is 0 Å². The van der Waals surface area contributed by atoms with Crippen molar-refractivity contribution in [2.24, 2.45) is 5.92 Å². The quantitative estimate of drug-likeness (QED) is 0.419. The summed E-state index contributed by atoms with van der Waals surface area (Å²) in [4.78, 5) is 24.3. The van der Waals surface area contributed by atoms with E-state index in [1.807, 2.05) is 0 Å². The maximum Gasteiger partial charge on any atom is 0.336 e. The molecule has 0 radical (unpaired) electrons. The summed E-state index contributed by atoms with van der Waals surface area (Å²) in [7, 11) is -8.05. The first-order valence-electron chi connectivity index (χ1n) is 10.7. The van der Waals surface area contributed by atoms with Crippen LogP contribution in [0.3, 0.4) is 0 Å². The summed E-state index contributed by atoms with van der Waals surface area (Å²) >= 11 is 6.26. The van der Waals surface area contributed by atoms with Gasteiger partial charge in [-0.3, -0.25) is 4.79 Å². The number of nitrogens with one attached hydrogen (secondary N) is 1. The van der Waals surface area contributed by atoms with Crippen LogP contribution < -0.4 is 5.32 Å². The first-order chi connectivity index (χ1) is 16.2. The van der Waals surface area contributed by atoms with Crippen molar-refractivity contribution in [2.45, 2.75) is 26.7 Å². The molecule has 0 bridgehead atoms. The lowest BCUT2D eigenvalue weighted by atomic mass is 9.86. The lowest BCUT2D eigenvalue weighted by molar-refractivity contribution is -0.152. The van der Waals surface area contributed by atoms with Crippen molar-refractivity contribution in [1.29, 1.82) is 0 Å². The number of hydrogen-bond donors (Lipinski definition) is 1. The third-order valence-corrected chi connectivity index (χ3v) is 9.53. The number of esters is 2. The van der Waals surface area contributed by atoms with Crippen LogP contribution in [-0.2, 0) is 38.7 Å². The second-order valence-electron chi connectivity index (χ2n) is 8.44.